The average Bonchev–Trinajstić information content (AvgIpc) is 2.29. The van der Waals surface area contributed by atoms with E-state index in [1.165, 1.54) is 0 Å². The lowest BCUT2D eigenvalue weighted by Gasteiger charge is -2.45. The van der Waals surface area contributed by atoms with Crippen LogP contribution in [0, 0.1) is 11.3 Å². The van der Waals surface area contributed by atoms with Crippen LogP contribution in [0.3, 0.4) is 0 Å². The molecule has 1 aliphatic carbocycles. The minimum Gasteiger partial charge on any atom is -0.409 e. The van der Waals surface area contributed by atoms with E-state index in [1.807, 2.05) is 19.0 Å². The van der Waals surface area contributed by atoms with Crippen molar-refractivity contribution in [2.75, 3.05) is 34.2 Å². The van der Waals surface area contributed by atoms with Crippen molar-refractivity contribution in [3.8, 4) is 0 Å². The predicted octanol–water partition coefficient (Wildman–Crippen LogP) is 0.169. The van der Waals surface area contributed by atoms with Crippen molar-refractivity contribution in [1.29, 1.82) is 0 Å². The number of oxime groups is 1. The summed E-state index contributed by atoms with van der Waals surface area (Å²) in [7, 11) is 5.69. The summed E-state index contributed by atoms with van der Waals surface area (Å²) in [6, 6.07) is 0. The fourth-order valence-corrected chi connectivity index (χ4v) is 2.54. The monoisotopic (exact) mass is 256 g/mol. The van der Waals surface area contributed by atoms with E-state index in [0.29, 0.717) is 25.3 Å². The van der Waals surface area contributed by atoms with Crippen LogP contribution in [0.15, 0.2) is 5.16 Å². The van der Waals surface area contributed by atoms with Crippen molar-refractivity contribution < 1.29 is 10.0 Å². The number of hydrogen-bond acceptors (Lipinski definition) is 4. The maximum atomic E-state index is 12.4. The Morgan fingerprint density at radius 2 is 1.94 bits per heavy atom. The molecule has 0 aromatic heterocycles. The lowest BCUT2D eigenvalue weighted by molar-refractivity contribution is -0.143. The Labute approximate surface area is 108 Å². The van der Waals surface area contributed by atoms with Gasteiger partial charge in [0.2, 0.25) is 5.91 Å². The molecule has 1 fully saturated rings. The maximum absolute atomic E-state index is 12.4. The van der Waals surface area contributed by atoms with Gasteiger partial charge >= 0.3 is 0 Å². The van der Waals surface area contributed by atoms with E-state index < -0.39 is 5.41 Å². The second-order valence-corrected chi connectivity index (χ2v) is 5.61. The lowest BCUT2D eigenvalue weighted by Crippen LogP contribution is -2.57. The fourth-order valence-electron chi connectivity index (χ4n) is 2.54. The van der Waals surface area contributed by atoms with Crippen molar-refractivity contribution in [3.63, 3.8) is 0 Å². The van der Waals surface area contributed by atoms with Crippen LogP contribution in [-0.4, -0.2) is 61.0 Å². The molecule has 1 aliphatic rings. The SMILES string of the molecule is CC1CC(C(=O)N(C)CCN(C)C)(C(N)=NO)C1. The van der Waals surface area contributed by atoms with E-state index in [9.17, 15) is 4.79 Å². The van der Waals surface area contributed by atoms with Crippen LogP contribution in [0.4, 0.5) is 0 Å². The van der Waals surface area contributed by atoms with E-state index in [1.54, 1.807) is 11.9 Å². The second-order valence-electron chi connectivity index (χ2n) is 5.61. The van der Waals surface area contributed by atoms with Crippen LogP contribution in [0.25, 0.3) is 0 Å². The first-order valence-corrected chi connectivity index (χ1v) is 6.22. The third kappa shape index (κ3) is 2.75. The summed E-state index contributed by atoms with van der Waals surface area (Å²) in [6.45, 7) is 3.50. The van der Waals surface area contributed by atoms with E-state index in [2.05, 4.69) is 12.1 Å². The topological polar surface area (TPSA) is 82.2 Å². The molecule has 0 radical (unpaired) electrons. The Kier molecular flexibility index (Phi) is 4.56. The number of hydrogen-bond donors (Lipinski definition) is 2. The van der Waals surface area contributed by atoms with Crippen LogP contribution in [0.5, 0.6) is 0 Å². The predicted molar refractivity (Wildman–Crippen MR) is 70.4 cm³/mol. The first-order chi connectivity index (χ1) is 8.33. The maximum Gasteiger partial charge on any atom is 0.236 e. The Bertz CT molecular complexity index is 335. The van der Waals surface area contributed by atoms with Crippen LogP contribution in [0.1, 0.15) is 19.8 Å². The van der Waals surface area contributed by atoms with Crippen LogP contribution in [-0.2, 0) is 4.79 Å². The highest BCUT2D eigenvalue weighted by Gasteiger charge is 2.53. The lowest BCUT2D eigenvalue weighted by atomic mass is 9.61. The van der Waals surface area contributed by atoms with Crippen LogP contribution >= 0.6 is 0 Å². The minimum absolute atomic E-state index is 0.0437. The summed E-state index contributed by atoms with van der Waals surface area (Å²) in [4.78, 5) is 16.1. The average molecular weight is 256 g/mol. The van der Waals surface area contributed by atoms with Crippen molar-refractivity contribution in [1.82, 2.24) is 9.80 Å². The molecule has 18 heavy (non-hydrogen) atoms. The molecule has 0 saturated heterocycles. The van der Waals surface area contributed by atoms with Gasteiger partial charge in [0, 0.05) is 20.1 Å². The van der Waals surface area contributed by atoms with Crippen molar-refractivity contribution in [3.05, 3.63) is 0 Å². The highest BCUT2D eigenvalue weighted by Crippen LogP contribution is 2.46. The van der Waals surface area contributed by atoms with Gasteiger partial charge in [0.05, 0.1) is 0 Å². The standard InChI is InChI=1S/C12H24N4O2/c1-9-7-12(8-9,10(13)14-18)11(17)16(4)6-5-15(2)3/h9,18H,5-8H2,1-4H3,(H2,13,14). The second kappa shape index (κ2) is 5.56. The van der Waals surface area contributed by atoms with Crippen molar-refractivity contribution in [2.45, 2.75) is 19.8 Å². The van der Waals surface area contributed by atoms with Gasteiger partial charge in [-0.15, -0.1) is 0 Å². The van der Waals surface area contributed by atoms with E-state index in [4.69, 9.17) is 10.9 Å². The molecule has 1 rings (SSSR count). The number of nitrogens with two attached hydrogens (primary N) is 1. The van der Waals surface area contributed by atoms with Gasteiger partial charge in [-0.25, -0.2) is 0 Å². The summed E-state index contributed by atoms with van der Waals surface area (Å²) >= 11 is 0. The molecule has 0 aromatic carbocycles. The number of carbonyl (C=O) groups excluding carboxylic acids is 1. The molecule has 0 aliphatic heterocycles. The Morgan fingerprint density at radius 3 is 2.33 bits per heavy atom. The van der Waals surface area contributed by atoms with Gasteiger partial charge < -0.3 is 20.7 Å². The fraction of sp³-hybridized carbons (Fsp3) is 0.833. The molecule has 0 aromatic rings. The summed E-state index contributed by atoms with van der Waals surface area (Å²) in [6.07, 6.45) is 1.32. The number of nitrogens with zero attached hydrogens (tertiary/aromatic N) is 3. The zero-order valence-electron chi connectivity index (χ0n) is 11.7. The van der Waals surface area contributed by atoms with E-state index in [0.717, 1.165) is 6.54 Å². The molecule has 0 spiro atoms. The van der Waals surface area contributed by atoms with Gasteiger partial charge in [-0.2, -0.15) is 0 Å². The van der Waals surface area contributed by atoms with E-state index in [-0.39, 0.29) is 11.7 Å². The first-order valence-electron chi connectivity index (χ1n) is 6.22. The zero-order chi connectivity index (χ0) is 13.9. The van der Waals surface area contributed by atoms with Crippen molar-refractivity contribution in [2.24, 2.45) is 22.2 Å². The minimum atomic E-state index is -0.783. The van der Waals surface area contributed by atoms with E-state index >= 15 is 0 Å². The first kappa shape index (κ1) is 14.8. The number of likely N-dealkylation sites (N-methyl/N-ethyl adjacent to an activating group) is 2. The van der Waals surface area contributed by atoms with Gasteiger partial charge in [-0.3, -0.25) is 4.79 Å². The quantitative estimate of drug-likeness (QED) is 0.318. The Morgan fingerprint density at radius 1 is 1.39 bits per heavy atom. The Hall–Kier alpha value is -1.30. The largest absolute Gasteiger partial charge is 0.409 e. The molecule has 0 bridgehead atoms. The molecule has 6 heteroatoms. The van der Waals surface area contributed by atoms with Crippen LogP contribution < -0.4 is 5.73 Å². The highest BCUT2D eigenvalue weighted by molar-refractivity contribution is 6.07. The molecular formula is C12H24N4O2. The zero-order valence-corrected chi connectivity index (χ0v) is 11.7. The number of amidine groups is 1. The van der Waals surface area contributed by atoms with Gasteiger partial charge in [0.15, 0.2) is 5.84 Å². The number of rotatable bonds is 5. The van der Waals surface area contributed by atoms with Gasteiger partial charge in [0.1, 0.15) is 5.41 Å². The molecule has 1 amide bonds. The summed E-state index contributed by atoms with van der Waals surface area (Å²) < 4.78 is 0. The summed E-state index contributed by atoms with van der Waals surface area (Å²) in [5.74, 6) is 0.441. The molecule has 104 valence electrons. The Balaban J connectivity index is 2.73. The molecule has 1 saturated carbocycles. The third-order valence-corrected chi connectivity index (χ3v) is 3.63. The summed E-state index contributed by atoms with van der Waals surface area (Å²) in [5.41, 5.74) is 4.93. The van der Waals surface area contributed by atoms with Gasteiger partial charge in [-0.1, -0.05) is 12.1 Å². The van der Waals surface area contributed by atoms with Crippen LogP contribution in [0.2, 0.25) is 0 Å². The number of amides is 1. The molecule has 6 nitrogen and oxygen atoms in total. The molecule has 0 heterocycles. The van der Waals surface area contributed by atoms with Crippen molar-refractivity contribution >= 4 is 11.7 Å². The number of carbonyl (C=O) groups is 1. The molecule has 0 unspecified atom stereocenters. The highest BCUT2D eigenvalue weighted by atomic mass is 16.4. The molecular weight excluding hydrogens is 232 g/mol. The van der Waals surface area contributed by atoms with Gasteiger partial charge in [-0.05, 0) is 32.9 Å². The van der Waals surface area contributed by atoms with Gasteiger partial charge in [0.25, 0.3) is 0 Å². The third-order valence-electron chi connectivity index (χ3n) is 3.63. The molecule has 0 atom stereocenters. The smallest absolute Gasteiger partial charge is 0.236 e. The normalized spacial score (nSPS) is 28.1. The summed E-state index contributed by atoms with van der Waals surface area (Å²) in [5, 5.41) is 11.9. The molecule has 3 N–H and O–H groups in total.